The van der Waals surface area contributed by atoms with Crippen molar-refractivity contribution in [3.63, 3.8) is 0 Å². The highest BCUT2D eigenvalue weighted by atomic mass is 35.5. The maximum Gasteiger partial charge on any atom is 0.320 e. The maximum atomic E-state index is 13.4. The molecule has 1 fully saturated rings. The molecule has 194 valence electrons. The number of hydrogen-bond acceptors (Lipinski definition) is 7. The van der Waals surface area contributed by atoms with Gasteiger partial charge in [0, 0.05) is 68.1 Å². The van der Waals surface area contributed by atoms with Gasteiger partial charge in [0.25, 0.3) is 0 Å². The molecule has 2 atom stereocenters. The smallest absolute Gasteiger partial charge is 0.320 e. The number of carbonyl (C=O) groups is 1. The van der Waals surface area contributed by atoms with Gasteiger partial charge in [-0.05, 0) is 19.1 Å². The highest BCUT2D eigenvalue weighted by molar-refractivity contribution is 7.15. The normalized spacial score (nSPS) is 17.8. The highest BCUT2D eigenvalue weighted by Gasteiger charge is 2.36. The van der Waals surface area contributed by atoms with Crippen LogP contribution in [0, 0.1) is 6.92 Å². The number of urea groups is 1. The molecule has 0 bridgehead atoms. The Kier molecular flexibility index (Phi) is 7.56. The van der Waals surface area contributed by atoms with Crippen LogP contribution in [-0.2, 0) is 11.8 Å². The van der Waals surface area contributed by atoms with E-state index in [1.807, 2.05) is 50.5 Å². The molecular weight excluding hydrogens is 512 g/mol. The van der Waals surface area contributed by atoms with Crippen LogP contribution < -0.4 is 10.6 Å². The zero-order chi connectivity index (χ0) is 25.9. The van der Waals surface area contributed by atoms with Crippen molar-refractivity contribution in [1.29, 1.82) is 0 Å². The van der Waals surface area contributed by atoms with Crippen LogP contribution in [0.1, 0.15) is 16.4 Å². The number of ether oxygens (including phenoxy) is 1. The predicted molar refractivity (Wildman–Crippen MR) is 145 cm³/mol. The molecule has 1 aliphatic rings. The monoisotopic (exact) mass is 540 g/mol. The number of methoxy groups -OCH3 is 1. The fraction of sp³-hybridized carbons (Fsp3) is 0.360. The minimum Gasteiger partial charge on any atom is -0.383 e. The number of para-hydroxylation sites is 1. The van der Waals surface area contributed by atoms with E-state index < -0.39 is 0 Å². The van der Waals surface area contributed by atoms with Gasteiger partial charge in [-0.2, -0.15) is 10.2 Å². The second kappa shape index (κ2) is 11.0. The van der Waals surface area contributed by atoms with Gasteiger partial charge in [-0.25, -0.2) is 14.5 Å². The van der Waals surface area contributed by atoms with E-state index >= 15 is 0 Å². The molecule has 2 N–H and O–H groups in total. The molecule has 12 heteroatoms. The van der Waals surface area contributed by atoms with Gasteiger partial charge in [-0.15, -0.1) is 11.3 Å². The molecule has 37 heavy (non-hydrogen) atoms. The van der Waals surface area contributed by atoms with Crippen molar-refractivity contribution in [3.8, 4) is 16.9 Å². The van der Waals surface area contributed by atoms with E-state index in [0.717, 1.165) is 40.5 Å². The predicted octanol–water partition coefficient (Wildman–Crippen LogP) is 3.93. The number of carbonyl (C=O) groups excluding carboxylic acids is 1. The number of nitrogens with one attached hydrogen (secondary N) is 2. The summed E-state index contributed by atoms with van der Waals surface area (Å²) in [6.45, 7) is 4.86. The lowest BCUT2D eigenvalue weighted by molar-refractivity contribution is 0.159. The number of anilines is 1. The molecular formula is C25H29ClN8O2S. The molecule has 3 aromatic heterocycles. The zero-order valence-electron chi connectivity index (χ0n) is 20.9. The van der Waals surface area contributed by atoms with E-state index in [1.165, 1.54) is 11.3 Å². The SMILES string of the molecule is COCCN1C[C@@H](NC(=O)Nc2c(C)c(-c3cnn(C)c3)nn2-c2ccccc2)[C@H](c2cnc(Cl)s2)C1. The van der Waals surface area contributed by atoms with Crippen molar-refractivity contribution in [2.45, 2.75) is 18.9 Å². The Balaban J connectivity index is 1.40. The van der Waals surface area contributed by atoms with Gasteiger partial charge in [-0.1, -0.05) is 29.8 Å². The van der Waals surface area contributed by atoms with Gasteiger partial charge in [0.05, 0.1) is 24.5 Å². The molecule has 10 nitrogen and oxygen atoms in total. The van der Waals surface area contributed by atoms with E-state index in [0.29, 0.717) is 23.4 Å². The zero-order valence-corrected chi connectivity index (χ0v) is 22.5. The molecule has 0 radical (unpaired) electrons. The molecule has 4 aromatic rings. The van der Waals surface area contributed by atoms with E-state index in [2.05, 4.69) is 25.6 Å². The Labute approximate surface area is 224 Å². The molecule has 0 aliphatic carbocycles. The van der Waals surface area contributed by atoms with Crippen LogP contribution >= 0.6 is 22.9 Å². The average Bonchev–Trinajstić information content (AvgIpc) is 3.67. The fourth-order valence-corrected chi connectivity index (χ4v) is 5.80. The summed E-state index contributed by atoms with van der Waals surface area (Å²) < 4.78 is 9.26. The van der Waals surface area contributed by atoms with Gasteiger partial charge < -0.3 is 10.1 Å². The summed E-state index contributed by atoms with van der Waals surface area (Å²) in [7, 11) is 3.56. The lowest BCUT2D eigenvalue weighted by atomic mass is 10.0. The topological polar surface area (TPSA) is 102 Å². The molecule has 5 rings (SSSR count). The van der Waals surface area contributed by atoms with Gasteiger partial charge >= 0.3 is 6.03 Å². The van der Waals surface area contributed by atoms with Crippen molar-refractivity contribution in [3.05, 3.63) is 63.8 Å². The van der Waals surface area contributed by atoms with Crippen LogP contribution in [0.4, 0.5) is 10.6 Å². The molecule has 2 amide bonds. The third-order valence-electron chi connectivity index (χ3n) is 6.52. The summed E-state index contributed by atoms with van der Waals surface area (Å²) in [5.41, 5.74) is 3.34. The van der Waals surface area contributed by atoms with Gasteiger partial charge in [-0.3, -0.25) is 14.9 Å². The first-order valence-electron chi connectivity index (χ1n) is 12.0. The van der Waals surface area contributed by atoms with Crippen LogP contribution in [0.5, 0.6) is 0 Å². The molecule has 1 aliphatic heterocycles. The molecule has 4 heterocycles. The standard InChI is InChI=1S/C25H29ClN8O2S/c1-16-22(17-11-28-32(2)13-17)31-34(18-7-5-4-6-8-18)23(16)30-25(35)29-20-15-33(9-10-36-3)14-19(20)21-12-27-24(26)37-21/h4-8,11-13,19-20H,9-10,14-15H2,1-3H3,(H2,29,30,35)/t19-,20-/m1/s1. The largest absolute Gasteiger partial charge is 0.383 e. The number of thiazole rings is 1. The number of aryl methyl sites for hydroxylation is 1. The lowest BCUT2D eigenvalue weighted by Crippen LogP contribution is -2.42. The molecule has 1 aromatic carbocycles. The highest BCUT2D eigenvalue weighted by Crippen LogP contribution is 2.34. The summed E-state index contributed by atoms with van der Waals surface area (Å²) in [6, 6.07) is 9.34. The van der Waals surface area contributed by atoms with Crippen molar-refractivity contribution in [1.82, 2.24) is 34.8 Å². The maximum absolute atomic E-state index is 13.4. The average molecular weight is 541 g/mol. The first-order valence-corrected chi connectivity index (χ1v) is 13.2. The third kappa shape index (κ3) is 5.54. The molecule has 0 saturated carbocycles. The Morgan fingerprint density at radius 2 is 2.05 bits per heavy atom. The minimum atomic E-state index is -0.294. The minimum absolute atomic E-state index is 0.0821. The second-order valence-corrected chi connectivity index (χ2v) is 10.7. The van der Waals surface area contributed by atoms with Crippen molar-refractivity contribution >= 4 is 34.8 Å². The van der Waals surface area contributed by atoms with Gasteiger partial charge in [0.15, 0.2) is 4.47 Å². The van der Waals surface area contributed by atoms with E-state index in [4.69, 9.17) is 21.4 Å². The van der Waals surface area contributed by atoms with Crippen LogP contribution in [0.25, 0.3) is 16.9 Å². The van der Waals surface area contributed by atoms with Crippen LogP contribution in [0.3, 0.4) is 0 Å². The van der Waals surface area contributed by atoms with E-state index in [9.17, 15) is 4.79 Å². The number of likely N-dealkylation sites (tertiary alicyclic amines) is 1. The molecule has 0 unspecified atom stereocenters. The molecule has 1 saturated heterocycles. The summed E-state index contributed by atoms with van der Waals surface area (Å²) in [6.07, 6.45) is 5.48. The van der Waals surface area contributed by atoms with Crippen LogP contribution in [0.15, 0.2) is 48.9 Å². The van der Waals surface area contributed by atoms with E-state index in [-0.39, 0.29) is 18.0 Å². The summed E-state index contributed by atoms with van der Waals surface area (Å²) in [4.78, 5) is 20.9. The first-order chi connectivity index (χ1) is 17.9. The number of rotatable bonds is 8. The quantitative estimate of drug-likeness (QED) is 0.351. The van der Waals surface area contributed by atoms with Gasteiger partial charge in [0.2, 0.25) is 0 Å². The van der Waals surface area contributed by atoms with Crippen molar-refractivity contribution in [2.24, 2.45) is 7.05 Å². The Hall–Kier alpha value is -3.25. The fourth-order valence-electron chi connectivity index (χ4n) is 4.69. The number of halogens is 1. The number of nitrogens with zero attached hydrogens (tertiary/aromatic N) is 6. The molecule has 0 spiro atoms. The van der Waals surface area contributed by atoms with E-state index in [1.54, 1.807) is 28.9 Å². The lowest BCUT2D eigenvalue weighted by Gasteiger charge is -2.19. The first kappa shape index (κ1) is 25.4. The third-order valence-corrected chi connectivity index (χ3v) is 7.76. The van der Waals surface area contributed by atoms with Crippen LogP contribution in [-0.4, -0.2) is 74.9 Å². The number of hydrogen-bond donors (Lipinski definition) is 2. The Bertz CT molecular complexity index is 1370. The Morgan fingerprint density at radius 3 is 2.73 bits per heavy atom. The number of aromatic nitrogens is 5. The van der Waals surface area contributed by atoms with Crippen molar-refractivity contribution < 1.29 is 9.53 Å². The summed E-state index contributed by atoms with van der Waals surface area (Å²) in [5, 5.41) is 15.4. The van der Waals surface area contributed by atoms with Gasteiger partial charge in [0.1, 0.15) is 11.5 Å². The Morgan fingerprint density at radius 1 is 1.24 bits per heavy atom. The number of amides is 2. The van der Waals surface area contributed by atoms with Crippen molar-refractivity contribution in [2.75, 3.05) is 38.7 Å². The van der Waals surface area contributed by atoms with Crippen LogP contribution in [0.2, 0.25) is 4.47 Å². The second-order valence-electron chi connectivity index (χ2n) is 9.05. The number of benzene rings is 1. The summed E-state index contributed by atoms with van der Waals surface area (Å²) >= 11 is 7.58. The summed E-state index contributed by atoms with van der Waals surface area (Å²) in [5.74, 6) is 0.688.